The summed E-state index contributed by atoms with van der Waals surface area (Å²) in [5, 5.41) is 0. The summed E-state index contributed by atoms with van der Waals surface area (Å²) < 4.78 is 0. The van der Waals surface area contributed by atoms with E-state index in [2.05, 4.69) is 56.1 Å². The summed E-state index contributed by atoms with van der Waals surface area (Å²) in [4.78, 5) is 4.55. The highest BCUT2D eigenvalue weighted by atomic mass is 14.7. The number of hydrogen-bond donors (Lipinski definition) is 0. The minimum absolute atomic E-state index is 0.507. The molecule has 0 aliphatic heterocycles. The summed E-state index contributed by atoms with van der Waals surface area (Å²) in [6, 6.07) is 12.8. The first-order valence-electron chi connectivity index (χ1n) is 6.24. The van der Waals surface area contributed by atoms with Crippen LogP contribution in [0.2, 0.25) is 0 Å². The van der Waals surface area contributed by atoms with Crippen LogP contribution >= 0.6 is 0 Å². The second-order valence-corrected chi connectivity index (χ2v) is 4.61. The molecule has 0 aliphatic carbocycles. The standard InChI is InChI=1S/C16H19N/c1-4-13(3)16-15(6-5-11-17-16)14-9-7-12(2)8-10-14/h5-11,13H,4H2,1-3H3. The van der Waals surface area contributed by atoms with Crippen molar-refractivity contribution in [2.45, 2.75) is 33.1 Å². The first-order valence-corrected chi connectivity index (χ1v) is 6.24. The molecule has 0 aliphatic rings. The fourth-order valence-corrected chi connectivity index (χ4v) is 1.98. The van der Waals surface area contributed by atoms with E-state index in [4.69, 9.17) is 0 Å². The van der Waals surface area contributed by atoms with Crippen LogP contribution in [0.1, 0.15) is 37.4 Å². The highest BCUT2D eigenvalue weighted by molar-refractivity contribution is 5.66. The van der Waals surface area contributed by atoms with Gasteiger partial charge in [0.25, 0.3) is 0 Å². The third-order valence-corrected chi connectivity index (χ3v) is 3.28. The van der Waals surface area contributed by atoms with E-state index in [1.807, 2.05) is 12.3 Å². The van der Waals surface area contributed by atoms with Crippen molar-refractivity contribution in [3.8, 4) is 11.1 Å². The molecular formula is C16H19N. The minimum Gasteiger partial charge on any atom is -0.260 e. The Labute approximate surface area is 104 Å². The van der Waals surface area contributed by atoms with Crippen molar-refractivity contribution in [2.24, 2.45) is 0 Å². The topological polar surface area (TPSA) is 12.9 Å². The Kier molecular flexibility index (Phi) is 3.58. The Morgan fingerprint density at radius 1 is 1.12 bits per heavy atom. The van der Waals surface area contributed by atoms with E-state index in [0.29, 0.717) is 5.92 Å². The van der Waals surface area contributed by atoms with Gasteiger partial charge in [0.2, 0.25) is 0 Å². The maximum atomic E-state index is 4.55. The smallest absolute Gasteiger partial charge is 0.0509 e. The van der Waals surface area contributed by atoms with E-state index in [1.165, 1.54) is 22.4 Å². The maximum Gasteiger partial charge on any atom is 0.0509 e. The van der Waals surface area contributed by atoms with Crippen molar-refractivity contribution in [3.63, 3.8) is 0 Å². The van der Waals surface area contributed by atoms with Gasteiger partial charge in [0, 0.05) is 11.8 Å². The molecule has 1 atom stereocenters. The number of rotatable bonds is 3. The third-order valence-electron chi connectivity index (χ3n) is 3.28. The van der Waals surface area contributed by atoms with E-state index in [-0.39, 0.29) is 0 Å². The summed E-state index contributed by atoms with van der Waals surface area (Å²) >= 11 is 0. The SMILES string of the molecule is CCC(C)c1ncccc1-c1ccc(C)cc1. The molecule has 0 fully saturated rings. The lowest BCUT2D eigenvalue weighted by Gasteiger charge is -2.13. The van der Waals surface area contributed by atoms with Gasteiger partial charge in [-0.25, -0.2) is 0 Å². The second kappa shape index (κ2) is 5.13. The van der Waals surface area contributed by atoms with Crippen LogP contribution in [0.4, 0.5) is 0 Å². The lowest BCUT2D eigenvalue weighted by Crippen LogP contribution is -1.98. The molecule has 17 heavy (non-hydrogen) atoms. The normalized spacial score (nSPS) is 12.4. The zero-order valence-corrected chi connectivity index (χ0v) is 10.8. The van der Waals surface area contributed by atoms with Gasteiger partial charge in [-0.05, 0) is 30.9 Å². The van der Waals surface area contributed by atoms with Gasteiger partial charge in [-0.1, -0.05) is 49.7 Å². The van der Waals surface area contributed by atoms with E-state index < -0.39 is 0 Å². The molecule has 1 heterocycles. The number of benzene rings is 1. The molecule has 2 rings (SSSR count). The highest BCUT2D eigenvalue weighted by Gasteiger charge is 2.11. The fourth-order valence-electron chi connectivity index (χ4n) is 1.98. The zero-order valence-electron chi connectivity index (χ0n) is 10.8. The summed E-state index contributed by atoms with van der Waals surface area (Å²) in [6.07, 6.45) is 3.01. The van der Waals surface area contributed by atoms with Gasteiger partial charge in [0.1, 0.15) is 0 Å². The molecule has 88 valence electrons. The molecule has 1 nitrogen and oxygen atoms in total. The average molecular weight is 225 g/mol. The van der Waals surface area contributed by atoms with Crippen molar-refractivity contribution < 1.29 is 0 Å². The van der Waals surface area contributed by atoms with Crippen LogP contribution in [-0.4, -0.2) is 4.98 Å². The first-order chi connectivity index (χ1) is 8.22. The van der Waals surface area contributed by atoms with Gasteiger partial charge in [-0.2, -0.15) is 0 Å². The Hall–Kier alpha value is -1.63. The Balaban J connectivity index is 2.48. The van der Waals surface area contributed by atoms with Gasteiger partial charge in [-0.15, -0.1) is 0 Å². The Bertz CT molecular complexity index is 485. The molecule has 0 bridgehead atoms. The molecule has 1 heteroatoms. The number of pyridine rings is 1. The second-order valence-electron chi connectivity index (χ2n) is 4.61. The maximum absolute atomic E-state index is 4.55. The van der Waals surface area contributed by atoms with Crippen molar-refractivity contribution in [2.75, 3.05) is 0 Å². The van der Waals surface area contributed by atoms with Crippen LogP contribution in [-0.2, 0) is 0 Å². The number of aryl methyl sites for hydroxylation is 1. The van der Waals surface area contributed by atoms with Crippen molar-refractivity contribution in [1.29, 1.82) is 0 Å². The van der Waals surface area contributed by atoms with E-state index in [9.17, 15) is 0 Å². The lowest BCUT2D eigenvalue weighted by atomic mass is 9.95. The van der Waals surface area contributed by atoms with Crippen LogP contribution < -0.4 is 0 Å². The molecule has 0 saturated carbocycles. The van der Waals surface area contributed by atoms with Crippen molar-refractivity contribution in [1.82, 2.24) is 4.98 Å². The summed E-state index contributed by atoms with van der Waals surface area (Å²) in [7, 11) is 0. The minimum atomic E-state index is 0.507. The van der Waals surface area contributed by atoms with E-state index in [0.717, 1.165) is 6.42 Å². The number of hydrogen-bond acceptors (Lipinski definition) is 1. The van der Waals surface area contributed by atoms with Crippen LogP contribution in [0.3, 0.4) is 0 Å². The van der Waals surface area contributed by atoms with Gasteiger partial charge in [0.15, 0.2) is 0 Å². The van der Waals surface area contributed by atoms with Crippen LogP contribution in [0, 0.1) is 6.92 Å². The molecule has 0 spiro atoms. The van der Waals surface area contributed by atoms with Crippen LogP contribution in [0.5, 0.6) is 0 Å². The predicted octanol–water partition coefficient (Wildman–Crippen LogP) is 4.57. The summed E-state index contributed by atoms with van der Waals surface area (Å²) in [6.45, 7) is 6.56. The highest BCUT2D eigenvalue weighted by Crippen LogP contribution is 2.28. The number of nitrogens with zero attached hydrogens (tertiary/aromatic N) is 1. The Morgan fingerprint density at radius 3 is 2.47 bits per heavy atom. The van der Waals surface area contributed by atoms with E-state index in [1.54, 1.807) is 0 Å². The van der Waals surface area contributed by atoms with Gasteiger partial charge >= 0.3 is 0 Å². The average Bonchev–Trinajstić information content (AvgIpc) is 2.39. The monoisotopic (exact) mass is 225 g/mol. The first kappa shape index (κ1) is 11.8. The zero-order chi connectivity index (χ0) is 12.3. The van der Waals surface area contributed by atoms with Crippen LogP contribution in [0.25, 0.3) is 11.1 Å². The molecule has 0 saturated heterocycles. The number of aromatic nitrogens is 1. The molecule has 2 aromatic rings. The predicted molar refractivity (Wildman–Crippen MR) is 73.1 cm³/mol. The summed E-state index contributed by atoms with van der Waals surface area (Å²) in [5.74, 6) is 0.507. The molecule has 0 N–H and O–H groups in total. The molecule has 0 amide bonds. The van der Waals surface area contributed by atoms with Crippen LogP contribution in [0.15, 0.2) is 42.6 Å². The molecular weight excluding hydrogens is 206 g/mol. The molecule has 1 unspecified atom stereocenters. The fraction of sp³-hybridized carbons (Fsp3) is 0.312. The molecule has 1 aromatic heterocycles. The molecule has 1 aromatic carbocycles. The Morgan fingerprint density at radius 2 is 1.82 bits per heavy atom. The van der Waals surface area contributed by atoms with Gasteiger partial charge in [0.05, 0.1) is 5.69 Å². The molecule has 0 radical (unpaired) electrons. The van der Waals surface area contributed by atoms with Gasteiger partial charge < -0.3 is 0 Å². The third kappa shape index (κ3) is 2.55. The summed E-state index contributed by atoms with van der Waals surface area (Å²) in [5.41, 5.74) is 5.03. The van der Waals surface area contributed by atoms with Gasteiger partial charge in [-0.3, -0.25) is 4.98 Å². The van der Waals surface area contributed by atoms with Crippen molar-refractivity contribution >= 4 is 0 Å². The largest absolute Gasteiger partial charge is 0.260 e. The van der Waals surface area contributed by atoms with Crippen molar-refractivity contribution in [3.05, 3.63) is 53.9 Å². The van der Waals surface area contributed by atoms with E-state index >= 15 is 0 Å². The quantitative estimate of drug-likeness (QED) is 0.745. The lowest BCUT2D eigenvalue weighted by molar-refractivity contribution is 0.710.